The second-order valence-electron chi connectivity index (χ2n) is 9.95. The Hall–Kier alpha value is -3.62. The molecule has 1 aromatic heterocycles. The van der Waals surface area contributed by atoms with Gasteiger partial charge in [-0.15, -0.1) is 12.4 Å². The number of aromatic nitrogens is 2. The molecule has 0 aliphatic heterocycles. The number of carbonyl (C=O) groups is 1. The average Bonchev–Trinajstić information content (AvgIpc) is 3.50. The molecule has 1 saturated carbocycles. The molecule has 0 bridgehead atoms. The summed E-state index contributed by atoms with van der Waals surface area (Å²) in [5.74, 6) is -1.08. The number of hydrogen-bond acceptors (Lipinski definition) is 5. The van der Waals surface area contributed by atoms with Crippen molar-refractivity contribution in [3.8, 4) is 34.0 Å². The molecule has 38 heavy (non-hydrogen) atoms. The zero-order chi connectivity index (χ0) is 25.7. The molecule has 4 aromatic rings. The lowest BCUT2D eigenvalue weighted by molar-refractivity contribution is -0.145. The summed E-state index contributed by atoms with van der Waals surface area (Å²) < 4.78 is 33.5. The van der Waals surface area contributed by atoms with Gasteiger partial charge in [-0.2, -0.15) is 4.98 Å². The molecule has 196 valence electrons. The van der Waals surface area contributed by atoms with Crippen LogP contribution < -0.4 is 5.32 Å². The van der Waals surface area contributed by atoms with Crippen LogP contribution in [0.3, 0.4) is 0 Å². The molecular formula is C29H26ClF2N3O3. The normalized spacial score (nSPS) is 19.9. The van der Waals surface area contributed by atoms with E-state index in [1.165, 1.54) is 17.2 Å². The SMILES string of the molecule is Cc1cc(-c2nc(-c3ccc4c(c3)CCC4NC3CC(C(=O)O)C3)no2)ccc1-c1cc(F)ccc1F.Cl. The van der Waals surface area contributed by atoms with E-state index in [0.29, 0.717) is 35.7 Å². The van der Waals surface area contributed by atoms with E-state index in [9.17, 15) is 13.6 Å². The average molecular weight is 538 g/mol. The van der Waals surface area contributed by atoms with E-state index >= 15 is 0 Å². The van der Waals surface area contributed by atoms with Crippen LogP contribution in [-0.2, 0) is 11.2 Å². The van der Waals surface area contributed by atoms with Crippen molar-refractivity contribution in [1.82, 2.24) is 15.5 Å². The van der Waals surface area contributed by atoms with Crippen molar-refractivity contribution in [3.05, 3.63) is 82.9 Å². The summed E-state index contributed by atoms with van der Waals surface area (Å²) in [7, 11) is 0. The highest BCUT2D eigenvalue weighted by atomic mass is 35.5. The molecule has 0 spiro atoms. The van der Waals surface area contributed by atoms with Gasteiger partial charge in [0.15, 0.2) is 0 Å². The first-order valence-corrected chi connectivity index (χ1v) is 12.4. The van der Waals surface area contributed by atoms with Gasteiger partial charge in [0.2, 0.25) is 5.82 Å². The van der Waals surface area contributed by atoms with Gasteiger partial charge in [-0.05, 0) is 91.3 Å². The molecule has 2 N–H and O–H groups in total. The number of carboxylic acid groups (broad SMARTS) is 1. The number of aryl methyl sites for hydroxylation is 2. The smallest absolute Gasteiger partial charge is 0.306 e. The van der Waals surface area contributed by atoms with Gasteiger partial charge in [-0.1, -0.05) is 23.4 Å². The van der Waals surface area contributed by atoms with E-state index in [1.54, 1.807) is 12.1 Å². The minimum atomic E-state index is -0.708. The molecule has 0 amide bonds. The van der Waals surface area contributed by atoms with Crippen molar-refractivity contribution in [2.45, 2.75) is 44.7 Å². The zero-order valence-electron chi connectivity index (χ0n) is 20.6. The lowest BCUT2D eigenvalue weighted by atomic mass is 9.80. The maximum absolute atomic E-state index is 14.3. The van der Waals surface area contributed by atoms with Crippen LogP contribution in [0.1, 0.15) is 42.0 Å². The number of nitrogens with zero attached hydrogens (tertiary/aromatic N) is 2. The third-order valence-electron chi connectivity index (χ3n) is 7.52. The van der Waals surface area contributed by atoms with Crippen LogP contribution in [0.2, 0.25) is 0 Å². The van der Waals surface area contributed by atoms with E-state index in [0.717, 1.165) is 36.1 Å². The van der Waals surface area contributed by atoms with Gasteiger partial charge in [-0.25, -0.2) is 8.78 Å². The maximum Gasteiger partial charge on any atom is 0.306 e. The number of aliphatic carboxylic acids is 1. The molecule has 0 radical (unpaired) electrons. The highest BCUT2D eigenvalue weighted by Gasteiger charge is 2.36. The van der Waals surface area contributed by atoms with Crippen LogP contribution in [0.25, 0.3) is 34.0 Å². The Labute approximate surface area is 224 Å². The topological polar surface area (TPSA) is 88.2 Å². The van der Waals surface area contributed by atoms with Crippen molar-refractivity contribution in [1.29, 1.82) is 0 Å². The maximum atomic E-state index is 14.3. The first-order chi connectivity index (χ1) is 17.9. The minimum absolute atomic E-state index is 0. The molecule has 9 heteroatoms. The van der Waals surface area contributed by atoms with Gasteiger partial charge in [0.25, 0.3) is 5.89 Å². The minimum Gasteiger partial charge on any atom is -0.481 e. The number of rotatable bonds is 6. The summed E-state index contributed by atoms with van der Waals surface area (Å²) in [6.45, 7) is 1.83. The van der Waals surface area contributed by atoms with Crippen LogP contribution >= 0.6 is 12.4 Å². The Morgan fingerprint density at radius 2 is 1.82 bits per heavy atom. The van der Waals surface area contributed by atoms with Crippen LogP contribution in [-0.4, -0.2) is 27.3 Å². The van der Waals surface area contributed by atoms with Gasteiger partial charge in [-0.3, -0.25) is 4.79 Å². The van der Waals surface area contributed by atoms with E-state index in [2.05, 4.69) is 27.6 Å². The number of carboxylic acids is 1. The molecule has 1 unspecified atom stereocenters. The van der Waals surface area contributed by atoms with E-state index < -0.39 is 17.6 Å². The summed E-state index contributed by atoms with van der Waals surface area (Å²) in [5.41, 5.74) is 5.60. The fourth-order valence-electron chi connectivity index (χ4n) is 5.43. The number of fused-ring (bicyclic) bond motifs is 1. The van der Waals surface area contributed by atoms with E-state index in [1.807, 2.05) is 19.1 Å². The van der Waals surface area contributed by atoms with Crippen LogP contribution in [0.4, 0.5) is 8.78 Å². The highest BCUT2D eigenvalue weighted by molar-refractivity contribution is 5.85. The third kappa shape index (κ3) is 4.81. The molecule has 2 aliphatic carbocycles. The van der Waals surface area contributed by atoms with Gasteiger partial charge < -0.3 is 14.9 Å². The largest absolute Gasteiger partial charge is 0.481 e. The second-order valence-corrected chi connectivity index (χ2v) is 9.95. The summed E-state index contributed by atoms with van der Waals surface area (Å²) in [6.07, 6.45) is 3.27. The highest BCUT2D eigenvalue weighted by Crippen LogP contribution is 2.37. The molecule has 6 rings (SSSR count). The predicted octanol–water partition coefficient (Wildman–Crippen LogP) is 6.52. The third-order valence-corrected chi connectivity index (χ3v) is 7.52. The molecule has 3 aromatic carbocycles. The quantitative estimate of drug-likeness (QED) is 0.291. The summed E-state index contributed by atoms with van der Waals surface area (Å²) in [4.78, 5) is 15.7. The number of benzene rings is 3. The summed E-state index contributed by atoms with van der Waals surface area (Å²) in [6, 6.07) is 15.4. The molecule has 1 atom stereocenters. The Bertz CT molecular complexity index is 1520. The Morgan fingerprint density at radius 3 is 2.58 bits per heavy atom. The lowest BCUT2D eigenvalue weighted by Gasteiger charge is -2.35. The van der Waals surface area contributed by atoms with Crippen LogP contribution in [0, 0.1) is 24.5 Å². The molecule has 0 saturated heterocycles. The van der Waals surface area contributed by atoms with Gasteiger partial charge in [0, 0.05) is 28.8 Å². The molecule has 6 nitrogen and oxygen atoms in total. The Kier molecular flexibility index (Phi) is 7.03. The van der Waals surface area contributed by atoms with Crippen molar-refractivity contribution in [2.24, 2.45) is 5.92 Å². The first-order valence-electron chi connectivity index (χ1n) is 12.4. The van der Waals surface area contributed by atoms with Gasteiger partial charge >= 0.3 is 5.97 Å². The zero-order valence-corrected chi connectivity index (χ0v) is 21.4. The fourth-order valence-corrected chi connectivity index (χ4v) is 5.43. The Morgan fingerprint density at radius 1 is 1.03 bits per heavy atom. The number of hydrogen-bond donors (Lipinski definition) is 2. The van der Waals surface area contributed by atoms with Crippen LogP contribution in [0.15, 0.2) is 59.1 Å². The van der Waals surface area contributed by atoms with Crippen molar-refractivity contribution in [2.75, 3.05) is 0 Å². The number of nitrogens with one attached hydrogen (secondary N) is 1. The van der Waals surface area contributed by atoms with E-state index in [-0.39, 0.29) is 36.0 Å². The van der Waals surface area contributed by atoms with E-state index in [4.69, 9.17) is 9.63 Å². The van der Waals surface area contributed by atoms with Crippen molar-refractivity contribution >= 4 is 18.4 Å². The van der Waals surface area contributed by atoms with Crippen LogP contribution in [0.5, 0.6) is 0 Å². The van der Waals surface area contributed by atoms with Gasteiger partial charge in [0.1, 0.15) is 11.6 Å². The van der Waals surface area contributed by atoms with Crippen molar-refractivity contribution in [3.63, 3.8) is 0 Å². The molecule has 1 heterocycles. The Balaban J connectivity index is 0.00000294. The first kappa shape index (κ1) is 26.0. The fraction of sp³-hybridized carbons (Fsp3) is 0.276. The monoisotopic (exact) mass is 537 g/mol. The molecular weight excluding hydrogens is 512 g/mol. The molecule has 1 fully saturated rings. The summed E-state index contributed by atoms with van der Waals surface area (Å²) >= 11 is 0. The molecule has 2 aliphatic rings. The number of halogens is 3. The summed E-state index contributed by atoms with van der Waals surface area (Å²) in [5, 5.41) is 16.9. The second kappa shape index (κ2) is 10.3. The lowest BCUT2D eigenvalue weighted by Crippen LogP contribution is -2.45. The standard InChI is InChI=1S/C29H25F2N3O3.ClH/c1-15-10-18(3-6-22(15)24-14-20(30)5-8-25(24)31)28-33-27(34-37-28)17-2-7-23-16(11-17)4-9-26(23)32-21-12-19(13-21)29(35)36;/h2-3,5-8,10-11,14,19,21,26,32H,4,9,12-13H2,1H3,(H,35,36);1H. The van der Waals surface area contributed by atoms with Crippen molar-refractivity contribution < 1.29 is 23.2 Å². The predicted molar refractivity (Wildman–Crippen MR) is 141 cm³/mol. The van der Waals surface area contributed by atoms with Gasteiger partial charge in [0.05, 0.1) is 5.92 Å².